The molecule has 0 saturated heterocycles. The van der Waals surface area contributed by atoms with Crippen LogP contribution in [0.5, 0.6) is 0 Å². The van der Waals surface area contributed by atoms with E-state index in [0.29, 0.717) is 6.42 Å². The molecule has 9 nitrogen and oxygen atoms in total. The van der Waals surface area contributed by atoms with Crippen LogP contribution in [0.15, 0.2) is 48.6 Å². The number of ether oxygens (including phenoxy) is 2. The lowest BCUT2D eigenvalue weighted by Crippen LogP contribution is -2.29. The number of allylic oxidation sites excluding steroid dienone is 8. The van der Waals surface area contributed by atoms with E-state index in [2.05, 4.69) is 62.5 Å². The zero-order valence-corrected chi connectivity index (χ0v) is 50.2. The SMILES string of the molecule is CCCCCCC/C=C\C/C=C\CCCCCCCCCCCCCCCCCC(=O)OCC(COP(=O)(O)OCCN)OC(=O)CCCCCCCCCCCCCCCCC/C=C\C/C=C\CCCCCCC. The molecule has 0 saturated carbocycles. The van der Waals surface area contributed by atoms with Gasteiger partial charge in [0.1, 0.15) is 6.61 Å². The number of phosphoric ester groups is 1. The second-order valence-electron chi connectivity index (χ2n) is 21.6. The molecule has 3 N–H and O–H groups in total. The summed E-state index contributed by atoms with van der Waals surface area (Å²) in [5.74, 6) is -0.813. The van der Waals surface area contributed by atoms with E-state index in [-0.39, 0.29) is 38.6 Å². The first-order valence-electron chi connectivity index (χ1n) is 32.1. The van der Waals surface area contributed by atoms with Crippen molar-refractivity contribution in [3.8, 4) is 0 Å². The van der Waals surface area contributed by atoms with Crippen molar-refractivity contribution in [1.29, 1.82) is 0 Å². The van der Waals surface area contributed by atoms with Crippen LogP contribution in [0.4, 0.5) is 0 Å². The van der Waals surface area contributed by atoms with Gasteiger partial charge in [0.15, 0.2) is 6.10 Å². The predicted octanol–water partition coefficient (Wildman–Crippen LogP) is 20.5. The van der Waals surface area contributed by atoms with Crippen molar-refractivity contribution in [2.45, 2.75) is 328 Å². The summed E-state index contributed by atoms with van der Waals surface area (Å²) in [5, 5.41) is 0. The Bertz CT molecular complexity index is 1370. The smallest absolute Gasteiger partial charge is 0.462 e. The minimum atomic E-state index is -4.39. The van der Waals surface area contributed by atoms with Crippen LogP contribution >= 0.6 is 7.82 Å². The molecule has 0 aliphatic heterocycles. The third-order valence-electron chi connectivity index (χ3n) is 14.2. The minimum Gasteiger partial charge on any atom is -0.462 e. The number of phosphoric acid groups is 1. The third kappa shape index (κ3) is 61.1. The van der Waals surface area contributed by atoms with Crippen molar-refractivity contribution in [2.75, 3.05) is 26.4 Å². The van der Waals surface area contributed by atoms with Crippen LogP contribution in [0.1, 0.15) is 322 Å². The lowest BCUT2D eigenvalue weighted by Gasteiger charge is -2.19. The van der Waals surface area contributed by atoms with Crippen LogP contribution in [0.25, 0.3) is 0 Å². The molecule has 0 fully saturated rings. The van der Waals surface area contributed by atoms with Gasteiger partial charge in [-0.1, -0.05) is 281 Å². The highest BCUT2D eigenvalue weighted by Gasteiger charge is 2.26. The van der Waals surface area contributed by atoms with E-state index in [1.807, 2.05) is 0 Å². The highest BCUT2D eigenvalue weighted by Crippen LogP contribution is 2.43. The highest BCUT2D eigenvalue weighted by molar-refractivity contribution is 7.47. The maximum Gasteiger partial charge on any atom is 0.472 e. The van der Waals surface area contributed by atoms with Gasteiger partial charge in [-0.15, -0.1) is 0 Å². The quantitative estimate of drug-likeness (QED) is 0.0264. The topological polar surface area (TPSA) is 134 Å². The monoisotopic (exact) mass is 1080 g/mol. The molecule has 75 heavy (non-hydrogen) atoms. The van der Waals surface area contributed by atoms with E-state index in [0.717, 1.165) is 44.9 Å². The van der Waals surface area contributed by atoms with Crippen molar-refractivity contribution in [1.82, 2.24) is 0 Å². The Labute approximate surface area is 464 Å². The number of esters is 2. The van der Waals surface area contributed by atoms with Crippen LogP contribution in [0.2, 0.25) is 0 Å². The van der Waals surface area contributed by atoms with E-state index in [4.69, 9.17) is 24.3 Å². The van der Waals surface area contributed by atoms with Gasteiger partial charge >= 0.3 is 19.8 Å². The lowest BCUT2D eigenvalue weighted by atomic mass is 10.0. The lowest BCUT2D eigenvalue weighted by molar-refractivity contribution is -0.161. The summed E-state index contributed by atoms with van der Waals surface area (Å²) in [4.78, 5) is 35.3. The molecule has 10 heteroatoms. The molecule has 0 radical (unpaired) electrons. The summed E-state index contributed by atoms with van der Waals surface area (Å²) in [6.07, 6.45) is 76.1. The van der Waals surface area contributed by atoms with Gasteiger partial charge in [0, 0.05) is 19.4 Å². The third-order valence-corrected chi connectivity index (χ3v) is 15.2. The zero-order valence-electron chi connectivity index (χ0n) is 49.3. The van der Waals surface area contributed by atoms with E-state index in [1.165, 1.54) is 244 Å². The number of hydrogen-bond acceptors (Lipinski definition) is 8. The van der Waals surface area contributed by atoms with Crippen LogP contribution in [-0.4, -0.2) is 49.3 Å². The van der Waals surface area contributed by atoms with E-state index >= 15 is 0 Å². The Kier molecular flexibility index (Phi) is 59.5. The van der Waals surface area contributed by atoms with Crippen LogP contribution in [0.3, 0.4) is 0 Å². The van der Waals surface area contributed by atoms with E-state index in [1.54, 1.807) is 0 Å². The number of rotatable bonds is 61. The fourth-order valence-electron chi connectivity index (χ4n) is 9.41. The Balaban J connectivity index is 3.90. The Hall–Kier alpha value is -2.03. The Morgan fingerprint density at radius 3 is 1.01 bits per heavy atom. The van der Waals surface area contributed by atoms with Gasteiger partial charge in [-0.05, 0) is 77.0 Å². The Morgan fingerprint density at radius 1 is 0.400 bits per heavy atom. The van der Waals surface area contributed by atoms with Gasteiger partial charge < -0.3 is 20.1 Å². The van der Waals surface area contributed by atoms with Gasteiger partial charge in [-0.3, -0.25) is 18.6 Å². The minimum absolute atomic E-state index is 0.0541. The number of nitrogens with two attached hydrogens (primary N) is 1. The summed E-state index contributed by atoms with van der Waals surface area (Å²) >= 11 is 0. The maximum atomic E-state index is 12.7. The molecule has 0 aromatic rings. The number of carbonyl (C=O) groups excluding carboxylic acids is 2. The standard InChI is InChI=1S/C65H122NO8P/c1-3-5-7-9-11-13-15-17-19-21-23-25-27-29-31-33-35-37-39-41-43-45-47-49-51-53-55-57-64(67)71-61-63(62-73-75(69,70)72-60-59-66)74-65(68)58-56-54-52-50-48-46-44-42-40-38-36-34-32-30-28-26-24-22-20-18-16-14-12-10-8-6-4-2/h15-18,21-24,63H,3-14,19-20,25-62,66H2,1-2H3,(H,69,70)/b17-15-,18-16-,23-21-,24-22-. The molecule has 0 aromatic heterocycles. The molecule has 0 amide bonds. The molecular formula is C65H122NO8P. The Morgan fingerprint density at radius 2 is 0.693 bits per heavy atom. The first-order valence-corrected chi connectivity index (χ1v) is 33.6. The van der Waals surface area contributed by atoms with Gasteiger partial charge in [-0.25, -0.2) is 4.57 Å². The molecule has 0 bridgehead atoms. The maximum absolute atomic E-state index is 12.7. The molecule has 440 valence electrons. The predicted molar refractivity (Wildman–Crippen MR) is 321 cm³/mol. The summed E-state index contributed by atoms with van der Waals surface area (Å²) in [7, 11) is -4.39. The largest absolute Gasteiger partial charge is 0.472 e. The van der Waals surface area contributed by atoms with Crippen molar-refractivity contribution in [2.24, 2.45) is 5.73 Å². The number of carbonyl (C=O) groups is 2. The molecule has 0 aliphatic rings. The fraction of sp³-hybridized carbons (Fsp3) is 0.846. The van der Waals surface area contributed by atoms with Crippen molar-refractivity contribution >= 4 is 19.8 Å². The van der Waals surface area contributed by atoms with Gasteiger partial charge in [0.2, 0.25) is 0 Å². The molecule has 0 heterocycles. The number of hydrogen-bond donors (Lipinski definition) is 2. The summed E-state index contributed by atoms with van der Waals surface area (Å²) in [6.45, 7) is 3.77. The molecular weight excluding hydrogens is 954 g/mol. The molecule has 0 aliphatic carbocycles. The van der Waals surface area contributed by atoms with Crippen molar-refractivity contribution < 1.29 is 37.6 Å². The summed E-state index contributed by atoms with van der Waals surface area (Å²) in [6, 6.07) is 0. The van der Waals surface area contributed by atoms with Gasteiger partial charge in [0.05, 0.1) is 13.2 Å². The molecule has 2 atom stereocenters. The zero-order chi connectivity index (χ0) is 54.5. The average Bonchev–Trinajstić information content (AvgIpc) is 3.40. The molecule has 0 rings (SSSR count). The summed E-state index contributed by atoms with van der Waals surface area (Å²) < 4.78 is 33.1. The first kappa shape index (κ1) is 73.0. The van der Waals surface area contributed by atoms with E-state index < -0.39 is 26.5 Å². The van der Waals surface area contributed by atoms with Crippen molar-refractivity contribution in [3.63, 3.8) is 0 Å². The van der Waals surface area contributed by atoms with Crippen LogP contribution < -0.4 is 5.73 Å². The first-order chi connectivity index (χ1) is 36.8. The fourth-order valence-corrected chi connectivity index (χ4v) is 10.2. The second-order valence-corrected chi connectivity index (χ2v) is 23.1. The van der Waals surface area contributed by atoms with E-state index in [9.17, 15) is 19.0 Å². The van der Waals surface area contributed by atoms with Crippen molar-refractivity contribution in [3.05, 3.63) is 48.6 Å². The molecule has 2 unspecified atom stereocenters. The molecule has 0 spiro atoms. The second kappa shape index (κ2) is 61.2. The van der Waals surface area contributed by atoms with Gasteiger partial charge in [-0.2, -0.15) is 0 Å². The summed E-state index contributed by atoms with van der Waals surface area (Å²) in [5.41, 5.74) is 5.39. The number of unbranched alkanes of at least 4 members (excludes halogenated alkanes) is 40. The normalized spacial score (nSPS) is 13.3. The average molecular weight is 1080 g/mol. The highest BCUT2D eigenvalue weighted by atomic mass is 31.2. The van der Waals surface area contributed by atoms with Crippen LogP contribution in [0, 0.1) is 0 Å². The van der Waals surface area contributed by atoms with Gasteiger partial charge in [0.25, 0.3) is 0 Å². The molecule has 0 aromatic carbocycles. The van der Waals surface area contributed by atoms with Crippen LogP contribution in [-0.2, 0) is 32.7 Å².